The fourth-order valence-corrected chi connectivity index (χ4v) is 2.75. The van der Waals surface area contributed by atoms with E-state index >= 15 is 0 Å². The first-order valence-corrected chi connectivity index (χ1v) is 7.45. The van der Waals surface area contributed by atoms with E-state index in [-0.39, 0.29) is 5.82 Å². The van der Waals surface area contributed by atoms with Crippen LogP contribution in [0.3, 0.4) is 0 Å². The van der Waals surface area contributed by atoms with Gasteiger partial charge in [-0.25, -0.2) is 4.39 Å². The summed E-state index contributed by atoms with van der Waals surface area (Å²) < 4.78 is 13.1. The molecule has 1 saturated heterocycles. The highest BCUT2D eigenvalue weighted by molar-refractivity contribution is 5.16. The van der Waals surface area contributed by atoms with Gasteiger partial charge in [-0.05, 0) is 50.4 Å². The average Bonchev–Trinajstić information content (AvgIpc) is 2.65. The van der Waals surface area contributed by atoms with Crippen molar-refractivity contribution in [2.75, 3.05) is 6.54 Å². The first kappa shape index (κ1) is 14.5. The Morgan fingerprint density at radius 1 is 1.37 bits per heavy atom. The van der Waals surface area contributed by atoms with E-state index in [9.17, 15) is 4.39 Å². The number of halogens is 1. The summed E-state index contributed by atoms with van der Waals surface area (Å²) in [6, 6.07) is 7.92. The standard InChI is InChI=1S/C16H25FN2/c1-13(10-16-8-3-2-4-9-18-16)19-12-14-6-5-7-15(17)11-14/h5-7,11,13,16,18-19H,2-4,8-10,12H2,1H3. The van der Waals surface area contributed by atoms with Crippen LogP contribution >= 0.6 is 0 Å². The fraction of sp³-hybridized carbons (Fsp3) is 0.625. The fourth-order valence-electron chi connectivity index (χ4n) is 2.75. The summed E-state index contributed by atoms with van der Waals surface area (Å²) in [5.74, 6) is -0.155. The van der Waals surface area contributed by atoms with Crippen LogP contribution in [0.2, 0.25) is 0 Å². The highest BCUT2D eigenvalue weighted by Gasteiger charge is 2.14. The van der Waals surface area contributed by atoms with Crippen molar-refractivity contribution in [1.29, 1.82) is 0 Å². The molecule has 0 spiro atoms. The summed E-state index contributed by atoms with van der Waals surface area (Å²) in [6.07, 6.45) is 6.44. The van der Waals surface area contributed by atoms with Gasteiger partial charge in [0.05, 0.1) is 0 Å². The molecule has 2 unspecified atom stereocenters. The van der Waals surface area contributed by atoms with E-state index in [1.54, 1.807) is 12.1 Å². The maximum atomic E-state index is 13.1. The van der Waals surface area contributed by atoms with Gasteiger partial charge in [0.1, 0.15) is 5.82 Å². The van der Waals surface area contributed by atoms with Gasteiger partial charge in [-0.15, -0.1) is 0 Å². The maximum absolute atomic E-state index is 13.1. The minimum Gasteiger partial charge on any atom is -0.314 e. The third-order valence-electron chi connectivity index (χ3n) is 3.84. The average molecular weight is 264 g/mol. The second-order valence-corrected chi connectivity index (χ2v) is 5.65. The zero-order valence-corrected chi connectivity index (χ0v) is 11.8. The molecule has 1 heterocycles. The molecular weight excluding hydrogens is 239 g/mol. The van der Waals surface area contributed by atoms with Gasteiger partial charge in [0.15, 0.2) is 0 Å². The van der Waals surface area contributed by atoms with E-state index in [4.69, 9.17) is 0 Å². The van der Waals surface area contributed by atoms with Crippen LogP contribution in [0.4, 0.5) is 4.39 Å². The Kier molecular flexibility index (Phi) is 5.80. The lowest BCUT2D eigenvalue weighted by molar-refractivity contribution is 0.402. The van der Waals surface area contributed by atoms with Crippen LogP contribution in [-0.4, -0.2) is 18.6 Å². The lowest BCUT2D eigenvalue weighted by Gasteiger charge is -2.21. The molecule has 2 nitrogen and oxygen atoms in total. The lowest BCUT2D eigenvalue weighted by atomic mass is 10.0. The lowest BCUT2D eigenvalue weighted by Crippen LogP contribution is -2.36. The Bertz CT molecular complexity index is 373. The Labute approximate surface area is 115 Å². The predicted molar refractivity (Wildman–Crippen MR) is 77.6 cm³/mol. The van der Waals surface area contributed by atoms with Gasteiger partial charge in [0.2, 0.25) is 0 Å². The predicted octanol–water partition coefficient (Wildman–Crippen LogP) is 3.23. The number of rotatable bonds is 5. The first-order chi connectivity index (χ1) is 9.24. The van der Waals surface area contributed by atoms with Gasteiger partial charge in [0, 0.05) is 18.6 Å². The Morgan fingerprint density at radius 3 is 3.11 bits per heavy atom. The van der Waals surface area contributed by atoms with Crippen molar-refractivity contribution in [2.24, 2.45) is 0 Å². The molecule has 2 rings (SSSR count). The molecule has 0 radical (unpaired) electrons. The van der Waals surface area contributed by atoms with Crippen molar-refractivity contribution < 1.29 is 4.39 Å². The van der Waals surface area contributed by atoms with E-state index in [0.717, 1.165) is 25.1 Å². The van der Waals surface area contributed by atoms with Crippen molar-refractivity contribution in [3.05, 3.63) is 35.6 Å². The number of hydrogen-bond acceptors (Lipinski definition) is 2. The van der Waals surface area contributed by atoms with Gasteiger partial charge < -0.3 is 10.6 Å². The summed E-state index contributed by atoms with van der Waals surface area (Å²) in [7, 11) is 0. The van der Waals surface area contributed by atoms with Crippen LogP contribution in [0, 0.1) is 5.82 Å². The smallest absolute Gasteiger partial charge is 0.123 e. The summed E-state index contributed by atoms with van der Waals surface area (Å²) in [6.45, 7) is 4.11. The second-order valence-electron chi connectivity index (χ2n) is 5.65. The molecule has 0 bridgehead atoms. The van der Waals surface area contributed by atoms with Gasteiger partial charge in [-0.1, -0.05) is 25.0 Å². The van der Waals surface area contributed by atoms with Gasteiger partial charge in [0.25, 0.3) is 0 Å². The molecule has 0 aromatic heterocycles. The van der Waals surface area contributed by atoms with Crippen molar-refractivity contribution in [3.63, 3.8) is 0 Å². The Balaban J connectivity index is 1.73. The van der Waals surface area contributed by atoms with Gasteiger partial charge in [-0.3, -0.25) is 0 Å². The minimum atomic E-state index is -0.155. The normalized spacial score (nSPS) is 21.9. The zero-order chi connectivity index (χ0) is 13.5. The molecule has 1 fully saturated rings. The van der Waals surface area contributed by atoms with E-state index in [1.807, 2.05) is 6.07 Å². The highest BCUT2D eigenvalue weighted by Crippen LogP contribution is 2.13. The molecule has 1 aromatic carbocycles. The minimum absolute atomic E-state index is 0.155. The first-order valence-electron chi connectivity index (χ1n) is 7.45. The second kappa shape index (κ2) is 7.61. The van der Waals surface area contributed by atoms with Crippen LogP contribution in [0.5, 0.6) is 0 Å². The van der Waals surface area contributed by atoms with Gasteiger partial charge in [-0.2, -0.15) is 0 Å². The zero-order valence-electron chi connectivity index (χ0n) is 11.8. The monoisotopic (exact) mass is 264 g/mol. The molecule has 2 N–H and O–H groups in total. The molecule has 0 aliphatic carbocycles. The van der Waals surface area contributed by atoms with Crippen molar-refractivity contribution >= 4 is 0 Å². The summed E-state index contributed by atoms with van der Waals surface area (Å²) in [4.78, 5) is 0. The van der Waals surface area contributed by atoms with Crippen molar-refractivity contribution in [1.82, 2.24) is 10.6 Å². The van der Waals surface area contributed by atoms with Crippen molar-refractivity contribution in [3.8, 4) is 0 Å². The molecule has 1 aliphatic heterocycles. The summed E-state index contributed by atoms with van der Waals surface area (Å²) >= 11 is 0. The van der Waals surface area contributed by atoms with E-state index in [2.05, 4.69) is 17.6 Å². The molecule has 106 valence electrons. The number of nitrogens with one attached hydrogen (secondary N) is 2. The van der Waals surface area contributed by atoms with Crippen LogP contribution in [0.15, 0.2) is 24.3 Å². The molecule has 2 atom stereocenters. The third-order valence-corrected chi connectivity index (χ3v) is 3.84. The quantitative estimate of drug-likeness (QED) is 0.853. The number of hydrogen-bond donors (Lipinski definition) is 2. The van der Waals surface area contributed by atoms with Crippen molar-refractivity contribution in [2.45, 2.75) is 57.7 Å². The molecule has 19 heavy (non-hydrogen) atoms. The Hall–Kier alpha value is -0.930. The van der Waals surface area contributed by atoms with E-state index in [0.29, 0.717) is 12.1 Å². The van der Waals surface area contributed by atoms with Crippen LogP contribution in [0.1, 0.15) is 44.6 Å². The number of benzene rings is 1. The molecule has 1 aromatic rings. The maximum Gasteiger partial charge on any atom is 0.123 e. The van der Waals surface area contributed by atoms with Crippen LogP contribution in [0.25, 0.3) is 0 Å². The van der Waals surface area contributed by atoms with E-state index in [1.165, 1.54) is 31.7 Å². The van der Waals surface area contributed by atoms with Crippen LogP contribution in [-0.2, 0) is 6.54 Å². The summed E-state index contributed by atoms with van der Waals surface area (Å²) in [5.41, 5.74) is 1.01. The molecule has 3 heteroatoms. The molecule has 0 saturated carbocycles. The van der Waals surface area contributed by atoms with E-state index < -0.39 is 0 Å². The molecule has 0 amide bonds. The summed E-state index contributed by atoms with van der Waals surface area (Å²) in [5, 5.41) is 7.11. The highest BCUT2D eigenvalue weighted by atomic mass is 19.1. The SMILES string of the molecule is CC(CC1CCCCCN1)NCc1cccc(F)c1. The Morgan fingerprint density at radius 2 is 2.26 bits per heavy atom. The largest absolute Gasteiger partial charge is 0.314 e. The molecule has 1 aliphatic rings. The molecular formula is C16H25FN2. The van der Waals surface area contributed by atoms with Crippen LogP contribution < -0.4 is 10.6 Å². The van der Waals surface area contributed by atoms with Gasteiger partial charge >= 0.3 is 0 Å². The third kappa shape index (κ3) is 5.29. The topological polar surface area (TPSA) is 24.1 Å².